The maximum Gasteiger partial charge on any atom is 0.264 e. The van der Waals surface area contributed by atoms with Gasteiger partial charge >= 0.3 is 0 Å². The van der Waals surface area contributed by atoms with Crippen LogP contribution in [0, 0.1) is 13.8 Å². The van der Waals surface area contributed by atoms with Gasteiger partial charge in [0, 0.05) is 13.1 Å². The van der Waals surface area contributed by atoms with E-state index < -0.39 is 28.5 Å². The van der Waals surface area contributed by atoms with E-state index in [9.17, 15) is 18.0 Å². The summed E-state index contributed by atoms with van der Waals surface area (Å²) in [4.78, 5) is 28.5. The van der Waals surface area contributed by atoms with Crippen molar-refractivity contribution in [3.8, 4) is 0 Å². The summed E-state index contributed by atoms with van der Waals surface area (Å²) in [6.07, 6.45) is 2.31. The zero-order chi connectivity index (χ0) is 28.4. The summed E-state index contributed by atoms with van der Waals surface area (Å²) in [7, 11) is -4.06. The van der Waals surface area contributed by atoms with Crippen LogP contribution in [0.4, 0.5) is 5.69 Å². The van der Waals surface area contributed by atoms with E-state index in [1.165, 1.54) is 4.90 Å². The van der Waals surface area contributed by atoms with E-state index >= 15 is 0 Å². The maximum atomic E-state index is 13.9. The van der Waals surface area contributed by atoms with Crippen LogP contribution in [0.1, 0.15) is 43.4 Å². The van der Waals surface area contributed by atoms with E-state index in [-0.39, 0.29) is 17.3 Å². The van der Waals surface area contributed by atoms with E-state index in [4.69, 9.17) is 0 Å². The van der Waals surface area contributed by atoms with Crippen molar-refractivity contribution in [3.05, 3.63) is 95.6 Å². The molecule has 2 amide bonds. The Bertz CT molecular complexity index is 1340. The number of nitrogens with zero attached hydrogens (tertiary/aromatic N) is 2. The van der Waals surface area contributed by atoms with Crippen molar-refractivity contribution in [1.82, 2.24) is 10.2 Å². The van der Waals surface area contributed by atoms with Crippen LogP contribution in [0.3, 0.4) is 0 Å². The molecule has 0 fully saturated rings. The lowest BCUT2D eigenvalue weighted by Gasteiger charge is -2.32. The number of aryl methyl sites for hydroxylation is 2. The van der Waals surface area contributed by atoms with Gasteiger partial charge in [-0.05, 0) is 69.0 Å². The van der Waals surface area contributed by atoms with Gasteiger partial charge in [-0.1, -0.05) is 73.5 Å². The van der Waals surface area contributed by atoms with Gasteiger partial charge in [-0.25, -0.2) is 8.42 Å². The quantitative estimate of drug-likeness (QED) is 0.308. The minimum atomic E-state index is -4.06. The molecule has 3 aromatic rings. The smallest absolute Gasteiger partial charge is 0.264 e. The molecule has 3 rings (SSSR count). The van der Waals surface area contributed by atoms with E-state index in [1.54, 1.807) is 49.4 Å². The molecule has 0 aliphatic rings. The molecule has 0 radical (unpaired) electrons. The number of nitrogens with one attached hydrogen (secondary N) is 1. The number of unbranched alkanes of at least 4 members (excludes halogenated alkanes) is 1. The summed E-state index contributed by atoms with van der Waals surface area (Å²) in [5.74, 6) is -0.699. The highest BCUT2D eigenvalue weighted by Gasteiger charge is 2.32. The summed E-state index contributed by atoms with van der Waals surface area (Å²) >= 11 is 0. The molecule has 1 atom stereocenters. The highest BCUT2D eigenvalue weighted by Crippen LogP contribution is 2.25. The summed E-state index contributed by atoms with van der Waals surface area (Å²) in [6, 6.07) is 22.6. The Balaban J connectivity index is 1.95. The molecule has 7 nitrogen and oxygen atoms in total. The van der Waals surface area contributed by atoms with Crippen LogP contribution in [0.15, 0.2) is 83.8 Å². The minimum absolute atomic E-state index is 0.101. The standard InChI is InChI=1S/C31H39N3O4S/c1-5-6-20-32-31(36)26(4)33(21-19-27-12-8-7-9-13-27)30(35)23-34(28-14-10-11-25(3)22-28)39(37,38)29-17-15-24(2)16-18-29/h7-18,22,26H,5-6,19-21,23H2,1-4H3,(H,32,36)/t26-/m0/s1. The molecule has 8 heteroatoms. The third-order valence-corrected chi connectivity index (χ3v) is 8.45. The van der Waals surface area contributed by atoms with Crippen molar-refractivity contribution in [2.45, 2.75) is 57.9 Å². The van der Waals surface area contributed by atoms with Crippen LogP contribution in [0.5, 0.6) is 0 Å². The number of sulfonamides is 1. The molecule has 1 N–H and O–H groups in total. The number of rotatable bonds is 13. The molecule has 39 heavy (non-hydrogen) atoms. The average Bonchev–Trinajstić information content (AvgIpc) is 2.92. The minimum Gasteiger partial charge on any atom is -0.354 e. The van der Waals surface area contributed by atoms with Crippen LogP contribution in [0.25, 0.3) is 0 Å². The molecule has 208 valence electrons. The SMILES string of the molecule is CCCCNC(=O)[C@H](C)N(CCc1ccccc1)C(=O)CN(c1cccc(C)c1)S(=O)(=O)c1ccc(C)cc1. The molecule has 0 bridgehead atoms. The van der Waals surface area contributed by atoms with Crippen LogP contribution >= 0.6 is 0 Å². The largest absolute Gasteiger partial charge is 0.354 e. The lowest BCUT2D eigenvalue weighted by atomic mass is 10.1. The first-order valence-electron chi connectivity index (χ1n) is 13.4. The van der Waals surface area contributed by atoms with Gasteiger partial charge in [-0.15, -0.1) is 0 Å². The number of carbonyl (C=O) groups excluding carboxylic acids is 2. The second-order valence-electron chi connectivity index (χ2n) is 9.81. The molecule has 0 aliphatic carbocycles. The van der Waals surface area contributed by atoms with Crippen molar-refractivity contribution < 1.29 is 18.0 Å². The average molecular weight is 550 g/mol. The summed E-state index contributed by atoms with van der Waals surface area (Å²) < 4.78 is 28.8. The predicted octanol–water partition coefficient (Wildman–Crippen LogP) is 4.87. The molecule has 0 unspecified atom stereocenters. The van der Waals surface area contributed by atoms with Crippen molar-refractivity contribution in [1.29, 1.82) is 0 Å². The Hall–Kier alpha value is -3.65. The first-order chi connectivity index (χ1) is 18.6. The Morgan fingerprint density at radius 1 is 0.897 bits per heavy atom. The van der Waals surface area contributed by atoms with Gasteiger partial charge in [0.1, 0.15) is 12.6 Å². The lowest BCUT2D eigenvalue weighted by Crippen LogP contribution is -2.52. The van der Waals surface area contributed by atoms with E-state index in [2.05, 4.69) is 5.32 Å². The maximum absolute atomic E-state index is 13.9. The van der Waals surface area contributed by atoms with Crippen LogP contribution < -0.4 is 9.62 Å². The monoisotopic (exact) mass is 549 g/mol. The number of hydrogen-bond acceptors (Lipinski definition) is 4. The van der Waals surface area contributed by atoms with Crippen LogP contribution in [-0.2, 0) is 26.0 Å². The van der Waals surface area contributed by atoms with Gasteiger partial charge in [0.05, 0.1) is 10.6 Å². The molecule has 0 heterocycles. The second-order valence-corrected chi connectivity index (χ2v) is 11.7. The van der Waals surface area contributed by atoms with Crippen LogP contribution in [-0.4, -0.2) is 50.8 Å². The molecule has 0 aliphatic heterocycles. The molecule has 0 aromatic heterocycles. The molecule has 3 aromatic carbocycles. The second kappa shape index (κ2) is 13.9. The van der Waals surface area contributed by atoms with Crippen molar-refractivity contribution in [2.75, 3.05) is 23.9 Å². The summed E-state index contributed by atoms with van der Waals surface area (Å²) in [5.41, 5.74) is 3.22. The van der Waals surface area contributed by atoms with E-state index in [1.807, 2.05) is 57.2 Å². The highest BCUT2D eigenvalue weighted by molar-refractivity contribution is 7.92. The predicted molar refractivity (Wildman–Crippen MR) is 156 cm³/mol. The van der Waals surface area contributed by atoms with E-state index in [0.29, 0.717) is 18.7 Å². The molecule has 0 spiro atoms. The number of amides is 2. The molecule has 0 saturated carbocycles. The Labute approximate surface area is 232 Å². The fraction of sp³-hybridized carbons (Fsp3) is 0.355. The third kappa shape index (κ3) is 8.17. The Morgan fingerprint density at radius 3 is 2.23 bits per heavy atom. The van der Waals surface area contributed by atoms with Gasteiger partial charge in [0.15, 0.2) is 0 Å². The first-order valence-corrected chi connectivity index (χ1v) is 14.8. The van der Waals surface area contributed by atoms with Gasteiger partial charge in [0.2, 0.25) is 11.8 Å². The fourth-order valence-electron chi connectivity index (χ4n) is 4.26. The topological polar surface area (TPSA) is 86.8 Å². The highest BCUT2D eigenvalue weighted by atomic mass is 32.2. The Kier molecular flexibility index (Phi) is 10.7. The number of anilines is 1. The van der Waals surface area contributed by atoms with Gasteiger partial charge in [-0.2, -0.15) is 0 Å². The molecular weight excluding hydrogens is 510 g/mol. The van der Waals surface area contributed by atoms with Crippen LogP contribution in [0.2, 0.25) is 0 Å². The normalized spacial score (nSPS) is 12.0. The number of carbonyl (C=O) groups is 2. The summed E-state index contributed by atoms with van der Waals surface area (Å²) in [5, 5.41) is 2.91. The van der Waals surface area contributed by atoms with Crippen molar-refractivity contribution in [3.63, 3.8) is 0 Å². The number of hydrogen-bond donors (Lipinski definition) is 1. The van der Waals surface area contributed by atoms with Gasteiger partial charge < -0.3 is 10.2 Å². The van der Waals surface area contributed by atoms with Gasteiger partial charge in [0.25, 0.3) is 10.0 Å². The van der Waals surface area contributed by atoms with Crippen molar-refractivity contribution in [2.24, 2.45) is 0 Å². The van der Waals surface area contributed by atoms with Crippen molar-refractivity contribution >= 4 is 27.5 Å². The zero-order valence-corrected chi connectivity index (χ0v) is 24.1. The fourth-order valence-corrected chi connectivity index (χ4v) is 5.66. The zero-order valence-electron chi connectivity index (χ0n) is 23.3. The van der Waals surface area contributed by atoms with Gasteiger partial charge in [-0.3, -0.25) is 13.9 Å². The molecule has 0 saturated heterocycles. The first kappa shape index (κ1) is 29.9. The van der Waals surface area contributed by atoms with E-state index in [0.717, 1.165) is 33.8 Å². The summed E-state index contributed by atoms with van der Waals surface area (Å²) in [6.45, 7) is 7.86. The Morgan fingerprint density at radius 2 is 1.59 bits per heavy atom. The third-order valence-electron chi connectivity index (χ3n) is 6.66. The lowest BCUT2D eigenvalue weighted by molar-refractivity contribution is -0.138. The number of benzene rings is 3. The molecular formula is C31H39N3O4S.